The minimum atomic E-state index is 0.138. The van der Waals surface area contributed by atoms with Crippen LogP contribution in [0.25, 0.3) is 0 Å². The molecule has 1 unspecified atom stereocenters. The number of aryl methyl sites for hydroxylation is 3. The highest BCUT2D eigenvalue weighted by Gasteiger charge is 2.07. The predicted octanol–water partition coefficient (Wildman–Crippen LogP) is 2.76. The average molecular weight is 195 g/mol. The zero-order chi connectivity index (χ0) is 10.0. The van der Waals surface area contributed by atoms with Crippen molar-refractivity contribution in [2.24, 2.45) is 0 Å². The molecule has 1 N–H and O–H groups in total. The van der Waals surface area contributed by atoms with E-state index < -0.39 is 0 Å². The maximum absolute atomic E-state index is 4.46. The fraction of sp³-hybridized carbons (Fsp3) is 0.455. The third-order valence-electron chi connectivity index (χ3n) is 2.45. The van der Waals surface area contributed by atoms with Crippen molar-refractivity contribution in [1.82, 2.24) is 5.32 Å². The van der Waals surface area contributed by atoms with E-state index in [1.165, 1.54) is 22.3 Å². The second kappa shape index (κ2) is 4.16. The quantitative estimate of drug-likeness (QED) is 0.546. The third kappa shape index (κ3) is 2.26. The van der Waals surface area contributed by atoms with Crippen LogP contribution >= 0.6 is 12.6 Å². The molecule has 1 aromatic rings. The first kappa shape index (κ1) is 10.6. The lowest BCUT2D eigenvalue weighted by atomic mass is 10.0. The Balaban J connectivity index is 3.15. The van der Waals surface area contributed by atoms with Crippen LogP contribution in [0.3, 0.4) is 0 Å². The van der Waals surface area contributed by atoms with Crippen molar-refractivity contribution in [1.29, 1.82) is 0 Å². The molecular weight excluding hydrogens is 178 g/mol. The Bertz CT molecular complexity index is 307. The van der Waals surface area contributed by atoms with Crippen LogP contribution in [0, 0.1) is 20.8 Å². The summed E-state index contributed by atoms with van der Waals surface area (Å²) in [7, 11) is 1.92. The standard InChI is InChI=1S/C11H17NS/c1-7-5-9(3)10(6-8(7)2)11(13)12-4/h5-6,11-13H,1-4H3. The highest BCUT2D eigenvalue weighted by atomic mass is 32.1. The summed E-state index contributed by atoms with van der Waals surface area (Å²) >= 11 is 4.46. The first-order valence-electron chi connectivity index (χ1n) is 4.49. The van der Waals surface area contributed by atoms with Crippen LogP contribution in [0.4, 0.5) is 0 Å². The maximum Gasteiger partial charge on any atom is 0.0760 e. The van der Waals surface area contributed by atoms with E-state index in [-0.39, 0.29) is 5.37 Å². The molecule has 0 bridgehead atoms. The second-order valence-electron chi connectivity index (χ2n) is 3.48. The summed E-state index contributed by atoms with van der Waals surface area (Å²) < 4.78 is 0. The first-order chi connectivity index (χ1) is 6.06. The molecule has 1 atom stereocenters. The number of benzene rings is 1. The Morgan fingerprint density at radius 1 is 1.08 bits per heavy atom. The van der Waals surface area contributed by atoms with Gasteiger partial charge in [0.05, 0.1) is 5.37 Å². The molecule has 0 aliphatic carbocycles. The van der Waals surface area contributed by atoms with E-state index in [9.17, 15) is 0 Å². The number of hydrogen-bond acceptors (Lipinski definition) is 2. The van der Waals surface area contributed by atoms with Crippen LogP contribution in [0.15, 0.2) is 12.1 Å². The maximum atomic E-state index is 4.46. The molecule has 0 saturated carbocycles. The van der Waals surface area contributed by atoms with Crippen LogP contribution < -0.4 is 5.32 Å². The van der Waals surface area contributed by atoms with Gasteiger partial charge in [0.15, 0.2) is 0 Å². The molecule has 13 heavy (non-hydrogen) atoms. The zero-order valence-electron chi connectivity index (χ0n) is 8.68. The number of rotatable bonds is 2. The van der Waals surface area contributed by atoms with Crippen LogP contribution in [0.1, 0.15) is 27.6 Å². The largest absolute Gasteiger partial charge is 0.305 e. The highest BCUT2D eigenvalue weighted by Crippen LogP contribution is 2.23. The van der Waals surface area contributed by atoms with Gasteiger partial charge in [0.25, 0.3) is 0 Å². The summed E-state index contributed by atoms with van der Waals surface area (Å²) in [6, 6.07) is 4.42. The SMILES string of the molecule is CNC(S)c1cc(C)c(C)cc1C. The van der Waals surface area contributed by atoms with E-state index in [1.54, 1.807) is 0 Å². The van der Waals surface area contributed by atoms with Gasteiger partial charge in [-0.25, -0.2) is 0 Å². The van der Waals surface area contributed by atoms with E-state index in [2.05, 4.69) is 50.8 Å². The molecule has 0 aliphatic rings. The average Bonchev–Trinajstić information content (AvgIpc) is 2.10. The lowest BCUT2D eigenvalue weighted by molar-refractivity contribution is 0.793. The van der Waals surface area contributed by atoms with Gasteiger partial charge in [-0.2, -0.15) is 12.6 Å². The smallest absolute Gasteiger partial charge is 0.0760 e. The van der Waals surface area contributed by atoms with Crippen LogP contribution in [-0.2, 0) is 0 Å². The van der Waals surface area contributed by atoms with E-state index in [4.69, 9.17) is 0 Å². The van der Waals surface area contributed by atoms with Crippen molar-refractivity contribution in [2.45, 2.75) is 26.1 Å². The molecule has 0 amide bonds. The summed E-state index contributed by atoms with van der Waals surface area (Å²) in [6.45, 7) is 6.40. The molecule has 0 saturated heterocycles. The molecule has 0 radical (unpaired) electrons. The minimum Gasteiger partial charge on any atom is -0.305 e. The molecular formula is C11H17NS. The summed E-state index contributed by atoms with van der Waals surface area (Å²) in [5.41, 5.74) is 5.25. The highest BCUT2D eigenvalue weighted by molar-refractivity contribution is 7.80. The fourth-order valence-corrected chi connectivity index (χ4v) is 1.71. The second-order valence-corrected chi connectivity index (χ2v) is 4.00. The van der Waals surface area contributed by atoms with Crippen LogP contribution in [0.2, 0.25) is 0 Å². The first-order valence-corrected chi connectivity index (χ1v) is 5.01. The van der Waals surface area contributed by atoms with Gasteiger partial charge in [0.2, 0.25) is 0 Å². The van der Waals surface area contributed by atoms with Crippen molar-refractivity contribution in [3.63, 3.8) is 0 Å². The van der Waals surface area contributed by atoms with Gasteiger partial charge < -0.3 is 5.32 Å². The van der Waals surface area contributed by atoms with Gasteiger partial charge in [0.1, 0.15) is 0 Å². The lowest BCUT2D eigenvalue weighted by Crippen LogP contribution is -2.11. The van der Waals surface area contributed by atoms with Crippen molar-refractivity contribution in [3.8, 4) is 0 Å². The molecule has 0 heterocycles. The van der Waals surface area contributed by atoms with E-state index in [0.717, 1.165) is 0 Å². The Labute approximate surface area is 86.0 Å². The molecule has 1 aromatic carbocycles. The Hall–Kier alpha value is -0.470. The van der Waals surface area contributed by atoms with Gasteiger partial charge in [-0.1, -0.05) is 12.1 Å². The summed E-state index contributed by atoms with van der Waals surface area (Å²) in [5.74, 6) is 0. The Kier molecular flexibility index (Phi) is 3.40. The Morgan fingerprint density at radius 3 is 2.15 bits per heavy atom. The molecule has 2 heteroatoms. The van der Waals surface area contributed by atoms with Gasteiger partial charge in [-0.3, -0.25) is 0 Å². The van der Waals surface area contributed by atoms with E-state index in [1.807, 2.05) is 7.05 Å². The molecule has 0 fully saturated rings. The van der Waals surface area contributed by atoms with Gasteiger partial charge in [-0.15, -0.1) is 0 Å². The minimum absolute atomic E-state index is 0.138. The molecule has 72 valence electrons. The molecule has 0 aliphatic heterocycles. The number of nitrogens with one attached hydrogen (secondary N) is 1. The van der Waals surface area contributed by atoms with Crippen molar-refractivity contribution in [2.75, 3.05) is 7.05 Å². The van der Waals surface area contributed by atoms with Crippen molar-refractivity contribution >= 4 is 12.6 Å². The van der Waals surface area contributed by atoms with Gasteiger partial charge in [0, 0.05) is 0 Å². The van der Waals surface area contributed by atoms with Crippen LogP contribution in [-0.4, -0.2) is 7.05 Å². The lowest BCUT2D eigenvalue weighted by Gasteiger charge is -2.15. The van der Waals surface area contributed by atoms with Gasteiger partial charge in [-0.05, 0) is 50.1 Å². The predicted molar refractivity (Wildman–Crippen MR) is 61.4 cm³/mol. The zero-order valence-corrected chi connectivity index (χ0v) is 9.57. The van der Waals surface area contributed by atoms with E-state index >= 15 is 0 Å². The van der Waals surface area contributed by atoms with Crippen molar-refractivity contribution in [3.05, 3.63) is 34.4 Å². The molecule has 0 spiro atoms. The normalized spacial score (nSPS) is 13.0. The molecule has 1 rings (SSSR count). The summed E-state index contributed by atoms with van der Waals surface area (Å²) in [6.07, 6.45) is 0. The molecule has 1 nitrogen and oxygen atoms in total. The summed E-state index contributed by atoms with van der Waals surface area (Å²) in [5, 5.41) is 3.27. The monoisotopic (exact) mass is 195 g/mol. The summed E-state index contributed by atoms with van der Waals surface area (Å²) in [4.78, 5) is 0. The Morgan fingerprint density at radius 2 is 1.62 bits per heavy atom. The van der Waals surface area contributed by atoms with Crippen LogP contribution in [0.5, 0.6) is 0 Å². The van der Waals surface area contributed by atoms with Gasteiger partial charge >= 0.3 is 0 Å². The van der Waals surface area contributed by atoms with Crippen molar-refractivity contribution < 1.29 is 0 Å². The number of thiol groups is 1. The van der Waals surface area contributed by atoms with E-state index in [0.29, 0.717) is 0 Å². The number of hydrogen-bond donors (Lipinski definition) is 2. The fourth-order valence-electron chi connectivity index (χ4n) is 1.43. The molecule has 0 aromatic heterocycles. The topological polar surface area (TPSA) is 12.0 Å². The third-order valence-corrected chi connectivity index (χ3v) is 2.99.